The highest BCUT2D eigenvalue weighted by Crippen LogP contribution is 2.24. The van der Waals surface area contributed by atoms with Crippen LogP contribution in [0.1, 0.15) is 24.8 Å². The summed E-state index contributed by atoms with van der Waals surface area (Å²) < 4.78 is 0. The number of nitrogens with one attached hydrogen (secondary N) is 1. The molecular weight excluding hydrogens is 236 g/mol. The van der Waals surface area contributed by atoms with Gasteiger partial charge in [0.25, 0.3) is 0 Å². The first-order chi connectivity index (χ1) is 9.33. The normalized spacial score (nSPS) is 23.0. The van der Waals surface area contributed by atoms with Crippen LogP contribution in [0.4, 0.5) is 0 Å². The fourth-order valence-corrected chi connectivity index (χ4v) is 2.95. The standard InChI is InChI=1S/C16H20N2O/c19-15-7-6-12(9-15)10-17-11-14-4-1-3-13-5-2-8-18-16(13)14/h1-5,8,12,15,17,19H,6-7,9-11H2. The van der Waals surface area contributed by atoms with Crippen LogP contribution < -0.4 is 5.32 Å². The van der Waals surface area contributed by atoms with Crippen LogP contribution in [-0.4, -0.2) is 22.7 Å². The Morgan fingerprint density at radius 3 is 2.95 bits per heavy atom. The molecule has 1 saturated carbocycles. The highest BCUT2D eigenvalue weighted by molar-refractivity contribution is 5.81. The maximum atomic E-state index is 9.52. The number of benzene rings is 1. The van der Waals surface area contributed by atoms with Crippen LogP contribution in [-0.2, 0) is 6.54 Å². The molecule has 1 heterocycles. The van der Waals surface area contributed by atoms with Crippen LogP contribution in [0.15, 0.2) is 36.5 Å². The topological polar surface area (TPSA) is 45.1 Å². The summed E-state index contributed by atoms with van der Waals surface area (Å²) in [7, 11) is 0. The SMILES string of the molecule is OC1CCC(CNCc2cccc3cccnc23)C1. The molecular formula is C16H20N2O. The zero-order valence-corrected chi connectivity index (χ0v) is 11.0. The maximum Gasteiger partial charge on any atom is 0.0746 e. The van der Waals surface area contributed by atoms with Gasteiger partial charge >= 0.3 is 0 Å². The molecule has 0 radical (unpaired) electrons. The van der Waals surface area contributed by atoms with Crippen LogP contribution in [0, 0.1) is 5.92 Å². The molecule has 1 fully saturated rings. The van der Waals surface area contributed by atoms with E-state index >= 15 is 0 Å². The molecule has 3 heteroatoms. The summed E-state index contributed by atoms with van der Waals surface area (Å²) in [5.41, 5.74) is 2.33. The van der Waals surface area contributed by atoms with E-state index in [-0.39, 0.29) is 6.10 Å². The second kappa shape index (κ2) is 5.68. The minimum atomic E-state index is -0.0778. The van der Waals surface area contributed by atoms with E-state index in [0.717, 1.165) is 37.9 Å². The van der Waals surface area contributed by atoms with Gasteiger partial charge in [0.15, 0.2) is 0 Å². The van der Waals surface area contributed by atoms with Crippen molar-refractivity contribution in [2.75, 3.05) is 6.54 Å². The van der Waals surface area contributed by atoms with Gasteiger partial charge in [0, 0.05) is 18.1 Å². The summed E-state index contributed by atoms with van der Waals surface area (Å²) in [6.45, 7) is 1.83. The Balaban J connectivity index is 1.62. The van der Waals surface area contributed by atoms with Gasteiger partial charge in [0.05, 0.1) is 11.6 Å². The quantitative estimate of drug-likeness (QED) is 0.883. The van der Waals surface area contributed by atoms with Crippen molar-refractivity contribution in [3.8, 4) is 0 Å². The first-order valence-corrected chi connectivity index (χ1v) is 7.04. The van der Waals surface area contributed by atoms with Crippen molar-refractivity contribution in [1.29, 1.82) is 0 Å². The van der Waals surface area contributed by atoms with E-state index < -0.39 is 0 Å². The van der Waals surface area contributed by atoms with E-state index in [1.807, 2.05) is 12.3 Å². The number of aromatic nitrogens is 1. The molecule has 3 rings (SSSR count). The third kappa shape index (κ3) is 2.94. The van der Waals surface area contributed by atoms with Gasteiger partial charge in [-0.1, -0.05) is 24.3 Å². The van der Waals surface area contributed by atoms with Crippen LogP contribution >= 0.6 is 0 Å². The summed E-state index contributed by atoms with van der Waals surface area (Å²) in [5, 5.41) is 14.2. The third-order valence-electron chi connectivity index (χ3n) is 3.98. The molecule has 0 aliphatic heterocycles. The van der Waals surface area contributed by atoms with Crippen LogP contribution in [0.2, 0.25) is 0 Å². The summed E-state index contributed by atoms with van der Waals surface area (Å²) >= 11 is 0. The van der Waals surface area contributed by atoms with Gasteiger partial charge in [-0.15, -0.1) is 0 Å². The van der Waals surface area contributed by atoms with Crippen molar-refractivity contribution in [1.82, 2.24) is 10.3 Å². The summed E-state index contributed by atoms with van der Waals surface area (Å²) in [5.74, 6) is 0.623. The lowest BCUT2D eigenvalue weighted by molar-refractivity contribution is 0.177. The number of hydrogen-bond donors (Lipinski definition) is 2. The number of rotatable bonds is 4. The van der Waals surface area contributed by atoms with Gasteiger partial charge in [0.1, 0.15) is 0 Å². The Hall–Kier alpha value is -1.45. The predicted molar refractivity (Wildman–Crippen MR) is 76.8 cm³/mol. The first kappa shape index (κ1) is 12.6. The van der Waals surface area contributed by atoms with Crippen molar-refractivity contribution in [3.05, 3.63) is 42.1 Å². The average Bonchev–Trinajstić information content (AvgIpc) is 2.85. The van der Waals surface area contributed by atoms with Crippen molar-refractivity contribution in [2.24, 2.45) is 5.92 Å². The molecule has 0 spiro atoms. The summed E-state index contributed by atoms with van der Waals surface area (Å²) in [4.78, 5) is 4.46. The van der Waals surface area contributed by atoms with Gasteiger partial charge < -0.3 is 10.4 Å². The molecule has 2 atom stereocenters. The molecule has 1 aromatic heterocycles. The molecule has 0 saturated heterocycles. The fourth-order valence-electron chi connectivity index (χ4n) is 2.95. The highest BCUT2D eigenvalue weighted by atomic mass is 16.3. The monoisotopic (exact) mass is 256 g/mol. The van der Waals surface area contributed by atoms with Crippen LogP contribution in [0.3, 0.4) is 0 Å². The number of fused-ring (bicyclic) bond motifs is 1. The zero-order valence-electron chi connectivity index (χ0n) is 11.0. The Labute approximate surface area is 113 Å². The molecule has 1 aliphatic carbocycles. The number of aliphatic hydroxyl groups excluding tert-OH is 1. The van der Waals surface area contributed by atoms with E-state index in [1.165, 1.54) is 10.9 Å². The Bertz CT molecular complexity index is 550. The van der Waals surface area contributed by atoms with Crippen molar-refractivity contribution >= 4 is 10.9 Å². The van der Waals surface area contributed by atoms with E-state index in [0.29, 0.717) is 5.92 Å². The van der Waals surface area contributed by atoms with Crippen molar-refractivity contribution in [3.63, 3.8) is 0 Å². The average molecular weight is 256 g/mol. The lowest BCUT2D eigenvalue weighted by Gasteiger charge is -2.11. The van der Waals surface area contributed by atoms with E-state index in [9.17, 15) is 5.11 Å². The predicted octanol–water partition coefficient (Wildman–Crippen LogP) is 2.49. The van der Waals surface area contributed by atoms with Crippen molar-refractivity contribution < 1.29 is 5.11 Å². The number of para-hydroxylation sites is 1. The minimum absolute atomic E-state index is 0.0778. The molecule has 0 bridgehead atoms. The van der Waals surface area contributed by atoms with Crippen LogP contribution in [0.5, 0.6) is 0 Å². The maximum absolute atomic E-state index is 9.52. The smallest absolute Gasteiger partial charge is 0.0746 e. The molecule has 0 amide bonds. The minimum Gasteiger partial charge on any atom is -0.393 e. The molecule has 19 heavy (non-hydrogen) atoms. The molecule has 1 aliphatic rings. The molecule has 1 aromatic carbocycles. The Kier molecular flexibility index (Phi) is 3.76. The van der Waals surface area contributed by atoms with Gasteiger partial charge in [-0.2, -0.15) is 0 Å². The summed E-state index contributed by atoms with van der Waals surface area (Å²) in [6, 6.07) is 10.4. The second-order valence-corrected chi connectivity index (χ2v) is 5.46. The molecule has 2 unspecified atom stereocenters. The second-order valence-electron chi connectivity index (χ2n) is 5.46. The van der Waals surface area contributed by atoms with Gasteiger partial charge in [-0.3, -0.25) is 4.98 Å². The Morgan fingerprint density at radius 2 is 2.11 bits per heavy atom. The van der Waals surface area contributed by atoms with E-state index in [4.69, 9.17) is 0 Å². The van der Waals surface area contributed by atoms with Crippen molar-refractivity contribution in [2.45, 2.75) is 31.9 Å². The third-order valence-corrected chi connectivity index (χ3v) is 3.98. The lowest BCUT2D eigenvalue weighted by Crippen LogP contribution is -2.21. The fraction of sp³-hybridized carbons (Fsp3) is 0.438. The highest BCUT2D eigenvalue weighted by Gasteiger charge is 2.22. The number of nitrogens with zero attached hydrogens (tertiary/aromatic N) is 1. The largest absolute Gasteiger partial charge is 0.393 e. The number of hydrogen-bond acceptors (Lipinski definition) is 3. The summed E-state index contributed by atoms with van der Waals surface area (Å²) in [6.07, 6.45) is 4.82. The molecule has 2 aromatic rings. The zero-order chi connectivity index (χ0) is 13.1. The van der Waals surface area contributed by atoms with E-state index in [1.54, 1.807) is 0 Å². The first-order valence-electron chi connectivity index (χ1n) is 7.04. The van der Waals surface area contributed by atoms with Gasteiger partial charge in [-0.25, -0.2) is 0 Å². The lowest BCUT2D eigenvalue weighted by atomic mass is 10.1. The Morgan fingerprint density at radius 1 is 1.21 bits per heavy atom. The molecule has 100 valence electrons. The van der Waals surface area contributed by atoms with Gasteiger partial charge in [-0.05, 0) is 43.4 Å². The molecule has 2 N–H and O–H groups in total. The van der Waals surface area contributed by atoms with E-state index in [2.05, 4.69) is 34.6 Å². The van der Waals surface area contributed by atoms with Gasteiger partial charge in [0.2, 0.25) is 0 Å². The number of aliphatic hydroxyl groups is 1. The number of pyridine rings is 1. The molecule has 3 nitrogen and oxygen atoms in total. The van der Waals surface area contributed by atoms with Crippen LogP contribution in [0.25, 0.3) is 10.9 Å².